The molecule has 6 nitrogen and oxygen atoms in total. The van der Waals surface area contributed by atoms with Crippen molar-refractivity contribution in [2.24, 2.45) is 0 Å². The Kier molecular flexibility index (Phi) is 6.32. The molecule has 140 valence electrons. The fourth-order valence-electron chi connectivity index (χ4n) is 2.43. The van der Waals surface area contributed by atoms with E-state index in [1.807, 2.05) is 6.92 Å². The van der Waals surface area contributed by atoms with Crippen LogP contribution in [-0.2, 0) is 11.3 Å². The van der Waals surface area contributed by atoms with Crippen molar-refractivity contribution in [3.05, 3.63) is 64.2 Å². The van der Waals surface area contributed by atoms with Crippen molar-refractivity contribution in [2.75, 3.05) is 6.54 Å². The number of benzene rings is 1. The first-order chi connectivity index (χ1) is 13.1. The van der Waals surface area contributed by atoms with Crippen LogP contribution in [0.2, 0.25) is 10.0 Å². The van der Waals surface area contributed by atoms with E-state index in [1.54, 1.807) is 41.3 Å². The lowest BCUT2D eigenvalue weighted by Crippen LogP contribution is -2.29. The van der Waals surface area contributed by atoms with Gasteiger partial charge in [0.05, 0.1) is 12.8 Å². The molecule has 0 atom stereocenters. The van der Waals surface area contributed by atoms with Gasteiger partial charge in [0, 0.05) is 22.7 Å². The molecule has 0 saturated carbocycles. The molecule has 0 unspecified atom stereocenters. The van der Waals surface area contributed by atoms with Gasteiger partial charge in [-0.2, -0.15) is 0 Å². The quantitative estimate of drug-likeness (QED) is 0.511. The molecule has 0 fully saturated rings. The topological polar surface area (TPSA) is 72.4 Å². The Bertz CT molecular complexity index is 936. The largest absolute Gasteiger partial charge is 0.459 e. The predicted octanol–water partition coefficient (Wildman–Crippen LogP) is 5.09. The Labute approximate surface area is 166 Å². The van der Waals surface area contributed by atoms with Gasteiger partial charge in [-0.15, -0.1) is 10.2 Å². The molecule has 2 aromatic heterocycles. The van der Waals surface area contributed by atoms with Crippen LogP contribution in [0.4, 0.5) is 0 Å². The molecule has 3 aromatic rings. The highest BCUT2D eigenvalue weighted by Gasteiger charge is 2.16. The number of aromatic nitrogens is 2. The molecule has 1 amide bonds. The Morgan fingerprint density at radius 1 is 1.26 bits per heavy atom. The normalized spacial score (nSPS) is 11.2. The first-order valence-electron chi connectivity index (χ1n) is 8.35. The molecule has 0 bridgehead atoms. The van der Waals surface area contributed by atoms with Gasteiger partial charge in [0.2, 0.25) is 11.8 Å². The van der Waals surface area contributed by atoms with E-state index < -0.39 is 0 Å². The summed E-state index contributed by atoms with van der Waals surface area (Å²) in [5.41, 5.74) is 0.673. The van der Waals surface area contributed by atoms with Crippen LogP contribution in [0.5, 0.6) is 0 Å². The van der Waals surface area contributed by atoms with E-state index in [0.29, 0.717) is 33.8 Å². The van der Waals surface area contributed by atoms with E-state index in [1.165, 1.54) is 12.3 Å². The lowest BCUT2D eigenvalue weighted by atomic mass is 10.2. The van der Waals surface area contributed by atoms with Crippen molar-refractivity contribution >= 4 is 35.2 Å². The third-order valence-electron chi connectivity index (χ3n) is 3.69. The fourth-order valence-corrected chi connectivity index (χ4v) is 2.79. The maximum atomic E-state index is 12.6. The lowest BCUT2D eigenvalue weighted by molar-refractivity contribution is -0.126. The minimum absolute atomic E-state index is 0.189. The zero-order valence-electron chi connectivity index (χ0n) is 14.6. The zero-order valence-corrected chi connectivity index (χ0v) is 16.1. The van der Waals surface area contributed by atoms with Gasteiger partial charge in [-0.1, -0.05) is 30.1 Å². The average molecular weight is 406 g/mol. The van der Waals surface area contributed by atoms with E-state index in [4.69, 9.17) is 32.0 Å². The number of halogens is 2. The molecule has 0 aliphatic carbocycles. The van der Waals surface area contributed by atoms with Gasteiger partial charge in [0.1, 0.15) is 0 Å². The molecule has 3 rings (SSSR count). The maximum Gasteiger partial charge on any atom is 0.283 e. The lowest BCUT2D eigenvalue weighted by Gasteiger charge is -2.18. The second-order valence-corrected chi connectivity index (χ2v) is 6.58. The van der Waals surface area contributed by atoms with Crippen LogP contribution in [0.1, 0.15) is 24.8 Å². The molecule has 2 heterocycles. The monoisotopic (exact) mass is 405 g/mol. The molecule has 27 heavy (non-hydrogen) atoms. The summed E-state index contributed by atoms with van der Waals surface area (Å²) < 4.78 is 10.8. The van der Waals surface area contributed by atoms with Gasteiger partial charge in [0.15, 0.2) is 5.76 Å². The molecule has 0 saturated heterocycles. The summed E-state index contributed by atoms with van der Waals surface area (Å²) in [7, 11) is 0. The number of rotatable bonds is 7. The van der Waals surface area contributed by atoms with Crippen LogP contribution < -0.4 is 0 Å². The number of hydrogen-bond acceptors (Lipinski definition) is 5. The summed E-state index contributed by atoms with van der Waals surface area (Å²) in [5.74, 6) is 0.904. The second kappa shape index (κ2) is 8.88. The summed E-state index contributed by atoms with van der Waals surface area (Å²) in [5, 5.41) is 9.00. The number of hydrogen-bond donors (Lipinski definition) is 0. The predicted molar refractivity (Wildman–Crippen MR) is 103 cm³/mol. The zero-order chi connectivity index (χ0) is 19.2. The van der Waals surface area contributed by atoms with Crippen molar-refractivity contribution < 1.29 is 13.6 Å². The average Bonchev–Trinajstić information content (AvgIpc) is 3.33. The second-order valence-electron chi connectivity index (χ2n) is 5.74. The van der Waals surface area contributed by atoms with Crippen molar-refractivity contribution in [3.8, 4) is 11.7 Å². The van der Waals surface area contributed by atoms with E-state index in [0.717, 1.165) is 6.42 Å². The fraction of sp³-hybridized carbons (Fsp3) is 0.211. The van der Waals surface area contributed by atoms with Gasteiger partial charge in [-0.05, 0) is 48.4 Å². The number of furan rings is 1. The van der Waals surface area contributed by atoms with Crippen LogP contribution in [0.3, 0.4) is 0 Å². The first-order valence-corrected chi connectivity index (χ1v) is 9.10. The van der Waals surface area contributed by atoms with Crippen LogP contribution >= 0.6 is 23.2 Å². The van der Waals surface area contributed by atoms with Crippen LogP contribution in [0, 0.1) is 0 Å². The Balaban J connectivity index is 1.72. The molecular formula is C19H17Cl2N3O3. The van der Waals surface area contributed by atoms with E-state index >= 15 is 0 Å². The third-order valence-corrected chi connectivity index (χ3v) is 4.27. The van der Waals surface area contributed by atoms with Gasteiger partial charge >= 0.3 is 0 Å². The Morgan fingerprint density at radius 2 is 2.11 bits per heavy atom. The summed E-state index contributed by atoms with van der Waals surface area (Å²) in [6.45, 7) is 2.73. The van der Waals surface area contributed by atoms with Gasteiger partial charge < -0.3 is 13.7 Å². The molecule has 0 radical (unpaired) electrons. The maximum absolute atomic E-state index is 12.6. The summed E-state index contributed by atoms with van der Waals surface area (Å²) >= 11 is 12.1. The molecule has 8 heteroatoms. The smallest absolute Gasteiger partial charge is 0.283 e. The minimum atomic E-state index is -0.189. The van der Waals surface area contributed by atoms with Crippen molar-refractivity contribution in [1.29, 1.82) is 0 Å². The highest BCUT2D eigenvalue weighted by atomic mass is 35.5. The molecular weight excluding hydrogens is 389 g/mol. The standard InChI is InChI=1S/C19H17Cl2N3O3/c1-2-9-24(12-17-22-23-19(27-17)16-4-3-10-26-16)18(25)8-5-13-11-14(20)6-7-15(13)21/h3-8,10-11H,2,9,12H2,1H3/b8-5+. The van der Waals surface area contributed by atoms with Gasteiger partial charge in [-0.3, -0.25) is 4.79 Å². The number of nitrogens with zero attached hydrogens (tertiary/aromatic N) is 3. The summed E-state index contributed by atoms with van der Waals surface area (Å²) in [4.78, 5) is 14.2. The molecule has 0 aliphatic heterocycles. The highest BCUT2D eigenvalue weighted by molar-refractivity contribution is 6.34. The van der Waals surface area contributed by atoms with Crippen LogP contribution in [-0.4, -0.2) is 27.5 Å². The van der Waals surface area contributed by atoms with Crippen LogP contribution in [0.15, 0.2) is 51.5 Å². The third kappa shape index (κ3) is 4.99. The number of amides is 1. The van der Waals surface area contributed by atoms with Gasteiger partial charge in [-0.25, -0.2) is 0 Å². The van der Waals surface area contributed by atoms with Crippen molar-refractivity contribution in [2.45, 2.75) is 19.9 Å². The Hall–Kier alpha value is -2.57. The van der Waals surface area contributed by atoms with E-state index in [2.05, 4.69) is 10.2 Å². The Morgan fingerprint density at radius 3 is 2.85 bits per heavy atom. The minimum Gasteiger partial charge on any atom is -0.459 e. The summed E-state index contributed by atoms with van der Waals surface area (Å²) in [6, 6.07) is 8.54. The number of carbonyl (C=O) groups is 1. The van der Waals surface area contributed by atoms with Crippen LogP contribution in [0.25, 0.3) is 17.7 Å². The van der Waals surface area contributed by atoms with E-state index in [-0.39, 0.29) is 18.3 Å². The number of carbonyl (C=O) groups excluding carboxylic acids is 1. The summed E-state index contributed by atoms with van der Waals surface area (Å²) in [6.07, 6.45) is 5.41. The van der Waals surface area contributed by atoms with Gasteiger partial charge in [0.25, 0.3) is 5.89 Å². The molecule has 1 aromatic carbocycles. The molecule has 0 aliphatic rings. The SMILES string of the molecule is CCCN(Cc1nnc(-c2ccco2)o1)C(=O)/C=C/c1cc(Cl)ccc1Cl. The highest BCUT2D eigenvalue weighted by Crippen LogP contribution is 2.22. The van der Waals surface area contributed by atoms with Crippen molar-refractivity contribution in [1.82, 2.24) is 15.1 Å². The first kappa shape index (κ1) is 19.2. The molecule has 0 spiro atoms. The van der Waals surface area contributed by atoms with E-state index in [9.17, 15) is 4.79 Å². The van der Waals surface area contributed by atoms with Crippen molar-refractivity contribution in [3.63, 3.8) is 0 Å². The molecule has 0 N–H and O–H groups in total.